The third kappa shape index (κ3) is 8.57. The molecule has 0 unspecified atom stereocenters. The van der Waals surface area contributed by atoms with Gasteiger partial charge in [-0.15, -0.1) is 0 Å². The number of aryl methyl sites for hydroxylation is 1. The van der Waals surface area contributed by atoms with Crippen LogP contribution in [-0.4, -0.2) is 35.7 Å². The Balaban J connectivity index is 1.52. The van der Waals surface area contributed by atoms with E-state index in [9.17, 15) is 13.6 Å². The lowest BCUT2D eigenvalue weighted by atomic mass is 9.74. The minimum absolute atomic E-state index is 0.0659. The molecular weight excluding hydrogens is 552 g/mol. The highest BCUT2D eigenvalue weighted by Crippen LogP contribution is 2.44. The summed E-state index contributed by atoms with van der Waals surface area (Å²) in [6.07, 6.45) is 16.2. The van der Waals surface area contributed by atoms with E-state index < -0.39 is 5.92 Å². The second-order valence-electron chi connectivity index (χ2n) is 14.4. The van der Waals surface area contributed by atoms with Gasteiger partial charge in [0.1, 0.15) is 5.84 Å². The second kappa shape index (κ2) is 14.0. The third-order valence-electron chi connectivity index (χ3n) is 10.0. The number of allylic oxidation sites excluding steroid dienone is 7. The number of halogens is 2. The summed E-state index contributed by atoms with van der Waals surface area (Å²) in [6.45, 7) is 10.3. The molecule has 0 atom stereocenters. The largest absolute Gasteiger partial charge is 0.360 e. The van der Waals surface area contributed by atoms with E-state index in [1.807, 2.05) is 6.20 Å². The lowest BCUT2D eigenvalue weighted by Gasteiger charge is -2.38. The number of carbonyl (C=O) groups is 1. The van der Waals surface area contributed by atoms with E-state index in [1.165, 1.54) is 22.3 Å². The number of likely N-dealkylation sites (tertiary alicyclic amines) is 1. The predicted molar refractivity (Wildman–Crippen MR) is 177 cm³/mol. The number of rotatable bonds is 4. The van der Waals surface area contributed by atoms with Crippen LogP contribution in [0.5, 0.6) is 0 Å². The van der Waals surface area contributed by atoms with Crippen LogP contribution >= 0.6 is 0 Å². The van der Waals surface area contributed by atoms with Gasteiger partial charge in [-0.2, -0.15) is 0 Å². The Kier molecular flexibility index (Phi) is 10.3. The summed E-state index contributed by atoms with van der Waals surface area (Å²) < 4.78 is 28.7. The third-order valence-corrected chi connectivity index (χ3v) is 10.0. The molecule has 1 aromatic carbocycles. The number of nitrogens with zero attached hydrogens (tertiary/aromatic N) is 2. The molecule has 238 valence electrons. The Morgan fingerprint density at radius 3 is 2.36 bits per heavy atom. The molecule has 1 N–H and O–H groups in total. The number of nitrogens with one attached hydrogen (secondary N) is 1. The van der Waals surface area contributed by atoms with Crippen molar-refractivity contribution in [1.82, 2.24) is 10.2 Å². The fraction of sp³-hybridized carbons (Fsp3) is 0.579. The van der Waals surface area contributed by atoms with Crippen LogP contribution in [0.25, 0.3) is 0 Å². The Bertz CT molecular complexity index is 1330. The van der Waals surface area contributed by atoms with Crippen LogP contribution in [0.1, 0.15) is 103 Å². The lowest BCUT2D eigenvalue weighted by molar-refractivity contribution is -0.122. The molecule has 3 aliphatic heterocycles. The summed E-state index contributed by atoms with van der Waals surface area (Å²) >= 11 is 0. The molecule has 1 saturated heterocycles. The zero-order valence-electron chi connectivity index (χ0n) is 27.2. The van der Waals surface area contributed by atoms with Crippen molar-refractivity contribution in [1.29, 1.82) is 0 Å². The van der Waals surface area contributed by atoms with Crippen LogP contribution < -0.4 is 5.32 Å². The van der Waals surface area contributed by atoms with Gasteiger partial charge < -0.3 is 10.2 Å². The highest BCUT2D eigenvalue weighted by Gasteiger charge is 2.38. The molecule has 0 spiro atoms. The average molecular weight is 604 g/mol. The van der Waals surface area contributed by atoms with Gasteiger partial charge in [-0.05, 0) is 98.8 Å². The number of hydrogen-bond acceptors (Lipinski definition) is 3. The molecule has 5 rings (SSSR count). The summed E-state index contributed by atoms with van der Waals surface area (Å²) in [5.41, 5.74) is 6.84. The molecule has 0 bridgehead atoms. The van der Waals surface area contributed by atoms with E-state index in [-0.39, 0.29) is 36.0 Å². The first-order valence-corrected chi connectivity index (χ1v) is 16.8. The van der Waals surface area contributed by atoms with Crippen molar-refractivity contribution >= 4 is 11.7 Å². The van der Waals surface area contributed by atoms with E-state index >= 15 is 0 Å². The molecule has 1 saturated carbocycles. The first-order chi connectivity index (χ1) is 21.0. The molecule has 4 aliphatic rings. The van der Waals surface area contributed by atoms with Crippen LogP contribution in [0.2, 0.25) is 0 Å². The molecule has 0 radical (unpaired) electrons. The summed E-state index contributed by atoms with van der Waals surface area (Å²) in [5.74, 6) is -1.10. The lowest BCUT2D eigenvalue weighted by Crippen LogP contribution is -2.42. The molecule has 0 aromatic heterocycles. The van der Waals surface area contributed by atoms with Crippen LogP contribution in [0.4, 0.5) is 8.78 Å². The predicted octanol–water partition coefficient (Wildman–Crippen LogP) is 9.23. The maximum absolute atomic E-state index is 14.4. The molecular formula is C38H51F2N3O. The Morgan fingerprint density at radius 1 is 0.955 bits per heavy atom. The molecule has 2 fully saturated rings. The Hall–Kier alpha value is -3.02. The number of benzene rings is 1. The van der Waals surface area contributed by atoms with Gasteiger partial charge in [-0.3, -0.25) is 4.79 Å². The molecule has 1 aliphatic carbocycles. The van der Waals surface area contributed by atoms with Gasteiger partial charge in [-0.25, -0.2) is 13.8 Å². The van der Waals surface area contributed by atoms with Gasteiger partial charge in [-0.1, -0.05) is 61.9 Å². The minimum atomic E-state index is -2.58. The number of carbonyl (C=O) groups excluding carboxylic acids is 1. The first-order valence-electron chi connectivity index (χ1n) is 16.8. The monoisotopic (exact) mass is 603 g/mol. The van der Waals surface area contributed by atoms with E-state index in [0.717, 1.165) is 68.7 Å². The zero-order chi connectivity index (χ0) is 31.3. The molecule has 1 amide bonds. The van der Waals surface area contributed by atoms with E-state index in [2.05, 4.69) is 80.4 Å². The maximum atomic E-state index is 14.4. The smallest absolute Gasteiger partial charge is 0.248 e. The quantitative estimate of drug-likeness (QED) is 0.373. The van der Waals surface area contributed by atoms with E-state index in [4.69, 9.17) is 4.99 Å². The summed E-state index contributed by atoms with van der Waals surface area (Å²) in [7, 11) is 0. The van der Waals surface area contributed by atoms with Crippen molar-refractivity contribution < 1.29 is 13.6 Å². The highest BCUT2D eigenvalue weighted by atomic mass is 19.3. The van der Waals surface area contributed by atoms with E-state index in [1.54, 1.807) is 0 Å². The number of piperidine rings is 1. The minimum Gasteiger partial charge on any atom is -0.360 e. The fourth-order valence-electron chi connectivity index (χ4n) is 7.34. The summed E-state index contributed by atoms with van der Waals surface area (Å²) in [6, 6.07) is 8.63. The van der Waals surface area contributed by atoms with Gasteiger partial charge in [0.25, 0.3) is 0 Å². The molecule has 6 heteroatoms. The van der Waals surface area contributed by atoms with Gasteiger partial charge in [0.2, 0.25) is 11.8 Å². The van der Waals surface area contributed by atoms with Crippen LogP contribution in [-0.2, 0) is 11.2 Å². The molecule has 4 nitrogen and oxygen atoms in total. The molecule has 44 heavy (non-hydrogen) atoms. The number of amides is 1. The SMILES string of the molecule is CC1=C/N=C(N2CCC(/C3=C(Cc4ccc(C)cc4)/C(C4CCC(F)(F)CC4)=C/CCC(C)(C)CC(=O)N3)CC2)CC/C=C\1. The second-order valence-corrected chi connectivity index (χ2v) is 14.4. The van der Waals surface area contributed by atoms with Gasteiger partial charge in [0.15, 0.2) is 0 Å². The maximum Gasteiger partial charge on any atom is 0.248 e. The molecule has 1 aromatic rings. The number of hydrogen-bond donors (Lipinski definition) is 1. The number of alkyl halides is 2. The van der Waals surface area contributed by atoms with Crippen molar-refractivity contribution in [2.75, 3.05) is 13.1 Å². The van der Waals surface area contributed by atoms with Crippen molar-refractivity contribution in [3.8, 4) is 0 Å². The topological polar surface area (TPSA) is 44.7 Å². The normalized spacial score (nSPS) is 28.8. The summed E-state index contributed by atoms with van der Waals surface area (Å²) in [5, 5.41) is 3.48. The van der Waals surface area contributed by atoms with Gasteiger partial charge in [0, 0.05) is 56.6 Å². The van der Waals surface area contributed by atoms with Crippen LogP contribution in [0, 0.1) is 24.2 Å². The van der Waals surface area contributed by atoms with Crippen LogP contribution in [0.15, 0.2) is 76.1 Å². The Labute approximate surface area is 263 Å². The number of aliphatic imine (C=N–C) groups is 1. The average Bonchev–Trinajstić information content (AvgIpc) is 2.96. The van der Waals surface area contributed by atoms with Crippen molar-refractivity contribution in [3.63, 3.8) is 0 Å². The van der Waals surface area contributed by atoms with E-state index in [0.29, 0.717) is 25.7 Å². The zero-order valence-corrected chi connectivity index (χ0v) is 27.2. The summed E-state index contributed by atoms with van der Waals surface area (Å²) in [4.78, 5) is 21.0. The van der Waals surface area contributed by atoms with Crippen molar-refractivity contribution in [3.05, 3.63) is 82.2 Å². The number of amidine groups is 1. The highest BCUT2D eigenvalue weighted by molar-refractivity contribution is 5.83. The van der Waals surface area contributed by atoms with Crippen molar-refractivity contribution in [2.24, 2.45) is 22.2 Å². The first kappa shape index (κ1) is 32.4. The standard InChI is InChI=1S/C38H51F2N3O/c1-27-11-13-29(14-12-27)24-33-32(30-15-20-38(39,40)21-16-30)9-7-19-37(3,4)25-35(44)42-36(33)31-17-22-43(23-18-31)34-10-6-5-8-28(2)26-41-34/h5,8-9,11-14,26,30-31H,6-7,10,15-25H2,1-4H3,(H,42,44)/b8-5-,28-26-,32-9+,36-33-,41-34?. The fourth-order valence-corrected chi connectivity index (χ4v) is 7.34. The Morgan fingerprint density at radius 2 is 1.66 bits per heavy atom. The molecule has 3 heterocycles. The van der Waals surface area contributed by atoms with Crippen LogP contribution in [0.3, 0.4) is 0 Å². The van der Waals surface area contributed by atoms with Crippen molar-refractivity contribution in [2.45, 2.75) is 111 Å². The van der Waals surface area contributed by atoms with Gasteiger partial charge >= 0.3 is 0 Å². The van der Waals surface area contributed by atoms with Gasteiger partial charge in [0.05, 0.1) is 0 Å².